The van der Waals surface area contributed by atoms with Crippen LogP contribution in [-0.4, -0.2) is 51.5 Å². The predicted octanol–water partition coefficient (Wildman–Crippen LogP) is 2.49. The number of aryl methyl sites for hydroxylation is 1. The molecule has 2 aromatic rings. The van der Waals surface area contributed by atoms with E-state index in [4.69, 9.17) is 5.73 Å². The summed E-state index contributed by atoms with van der Waals surface area (Å²) in [5, 5.41) is 12.8. The first-order valence-corrected chi connectivity index (χ1v) is 11.0. The lowest BCUT2D eigenvalue weighted by molar-refractivity contribution is -0.149. The van der Waals surface area contributed by atoms with Gasteiger partial charge in [0.1, 0.15) is 0 Å². The minimum atomic E-state index is -0.813. The highest BCUT2D eigenvalue weighted by atomic mass is 35.5. The minimum absolute atomic E-state index is 0. The molecule has 9 heteroatoms. The Morgan fingerprint density at radius 3 is 2.45 bits per heavy atom. The number of imide groups is 1. The summed E-state index contributed by atoms with van der Waals surface area (Å²) in [4.78, 5) is 32.9. The van der Waals surface area contributed by atoms with Gasteiger partial charge in [-0.2, -0.15) is 0 Å². The van der Waals surface area contributed by atoms with E-state index < -0.39 is 29.5 Å². The molecular weight excluding hydrogens is 436 g/mol. The van der Waals surface area contributed by atoms with E-state index in [1.807, 2.05) is 57.5 Å². The first-order valence-electron chi connectivity index (χ1n) is 10.1. The second-order valence-electron chi connectivity index (χ2n) is 8.92. The first kappa shape index (κ1) is 25.4. The van der Waals surface area contributed by atoms with Crippen LogP contribution in [0.15, 0.2) is 29.8 Å². The molecule has 7 nitrogen and oxygen atoms in total. The molecule has 0 aliphatic carbocycles. The fraction of sp³-hybridized carbons (Fsp3) is 0.500. The third-order valence-corrected chi connectivity index (χ3v) is 6.42. The number of amides is 2. The van der Waals surface area contributed by atoms with E-state index in [2.05, 4.69) is 10.3 Å². The number of carbonyl (C=O) groups is 2. The van der Waals surface area contributed by atoms with E-state index in [9.17, 15) is 14.7 Å². The zero-order chi connectivity index (χ0) is 22.1. The highest BCUT2D eigenvalue weighted by Gasteiger charge is 2.38. The van der Waals surface area contributed by atoms with Crippen LogP contribution < -0.4 is 11.1 Å². The summed E-state index contributed by atoms with van der Waals surface area (Å²) < 4.78 is 0. The van der Waals surface area contributed by atoms with E-state index in [0.717, 1.165) is 21.7 Å². The molecule has 3 atom stereocenters. The van der Waals surface area contributed by atoms with Crippen LogP contribution in [0.5, 0.6) is 0 Å². The lowest BCUT2D eigenvalue weighted by Crippen LogP contribution is -2.55. The smallest absolute Gasteiger partial charge is 0.246 e. The van der Waals surface area contributed by atoms with E-state index in [-0.39, 0.29) is 31.3 Å². The van der Waals surface area contributed by atoms with E-state index >= 15 is 0 Å². The van der Waals surface area contributed by atoms with Gasteiger partial charge in [0.15, 0.2) is 0 Å². The van der Waals surface area contributed by atoms with Crippen LogP contribution in [0.4, 0.5) is 0 Å². The second kappa shape index (κ2) is 10.2. The summed E-state index contributed by atoms with van der Waals surface area (Å²) in [5.74, 6) is -0.753. The van der Waals surface area contributed by atoms with Crippen LogP contribution in [0.25, 0.3) is 10.4 Å². The Labute approximate surface area is 193 Å². The molecule has 170 valence electrons. The van der Waals surface area contributed by atoms with Crippen LogP contribution >= 0.6 is 23.7 Å². The fourth-order valence-corrected chi connectivity index (χ4v) is 4.23. The zero-order valence-electron chi connectivity index (χ0n) is 18.3. The maximum atomic E-state index is 13.2. The van der Waals surface area contributed by atoms with Crippen molar-refractivity contribution in [2.75, 3.05) is 6.54 Å². The number of hydrogen-bond donors (Lipinski definition) is 3. The van der Waals surface area contributed by atoms with Crippen molar-refractivity contribution in [3.8, 4) is 10.4 Å². The van der Waals surface area contributed by atoms with Crippen molar-refractivity contribution in [3.05, 3.63) is 41.0 Å². The van der Waals surface area contributed by atoms with Gasteiger partial charge in [0.25, 0.3) is 0 Å². The van der Waals surface area contributed by atoms with Gasteiger partial charge in [0.2, 0.25) is 11.8 Å². The number of benzene rings is 1. The first-order chi connectivity index (χ1) is 14.1. The molecular formula is C22H31ClN4O3S. The van der Waals surface area contributed by atoms with Crippen molar-refractivity contribution < 1.29 is 14.7 Å². The Hall–Kier alpha value is -1.84. The second-order valence-corrected chi connectivity index (χ2v) is 9.78. The Morgan fingerprint density at radius 1 is 1.32 bits per heavy atom. The summed E-state index contributed by atoms with van der Waals surface area (Å²) >= 11 is 1.58. The number of aliphatic hydroxyl groups excluding tert-OH is 1. The van der Waals surface area contributed by atoms with Gasteiger partial charge in [-0.1, -0.05) is 45.0 Å². The molecule has 2 heterocycles. The van der Waals surface area contributed by atoms with Gasteiger partial charge in [0.05, 0.1) is 40.8 Å². The third kappa shape index (κ3) is 5.90. The summed E-state index contributed by atoms with van der Waals surface area (Å²) in [6.45, 7) is 8.08. The van der Waals surface area contributed by atoms with Crippen molar-refractivity contribution in [2.24, 2.45) is 11.1 Å². The molecule has 1 aliphatic rings. The Kier molecular flexibility index (Phi) is 8.35. The average molecular weight is 467 g/mol. The number of aromatic nitrogens is 1. The van der Waals surface area contributed by atoms with Gasteiger partial charge < -0.3 is 16.2 Å². The SMILES string of the molecule is Cc1ncsc1-c1ccc(CN(C(=O)[C@H]2C[C@H](O)CN2)C(=O)[C@H](N)C(C)(C)C)cc1.Cl. The number of hydrogen-bond acceptors (Lipinski definition) is 7. The van der Waals surface area contributed by atoms with Gasteiger partial charge in [-0.3, -0.25) is 14.5 Å². The van der Waals surface area contributed by atoms with Crippen LogP contribution in [0.2, 0.25) is 0 Å². The number of aliphatic hydroxyl groups is 1. The van der Waals surface area contributed by atoms with Crippen LogP contribution in [-0.2, 0) is 16.1 Å². The number of carbonyl (C=O) groups excluding carboxylic acids is 2. The average Bonchev–Trinajstić information content (AvgIpc) is 3.32. The number of nitrogens with zero attached hydrogens (tertiary/aromatic N) is 2. The van der Waals surface area contributed by atoms with Crippen molar-refractivity contribution in [2.45, 2.75) is 58.8 Å². The molecule has 1 fully saturated rings. The third-order valence-electron chi connectivity index (χ3n) is 5.44. The number of β-amino-alcohol motifs (C(OH)–C–C–N with tert-alkyl or cyclic N) is 1. The van der Waals surface area contributed by atoms with Crippen molar-refractivity contribution in [1.29, 1.82) is 0 Å². The van der Waals surface area contributed by atoms with Crippen molar-refractivity contribution in [3.63, 3.8) is 0 Å². The lowest BCUT2D eigenvalue weighted by Gasteiger charge is -2.32. The summed E-state index contributed by atoms with van der Waals surface area (Å²) in [6.07, 6.45) is -0.300. The van der Waals surface area contributed by atoms with E-state index in [1.165, 1.54) is 4.90 Å². The molecule has 1 aromatic heterocycles. The molecule has 0 bridgehead atoms. The summed E-state index contributed by atoms with van der Waals surface area (Å²) in [5.41, 5.74) is 10.4. The maximum absolute atomic E-state index is 13.2. The molecule has 31 heavy (non-hydrogen) atoms. The van der Waals surface area contributed by atoms with Crippen molar-refractivity contribution in [1.82, 2.24) is 15.2 Å². The van der Waals surface area contributed by atoms with E-state index in [1.54, 1.807) is 11.3 Å². The number of rotatable bonds is 5. The van der Waals surface area contributed by atoms with Crippen LogP contribution in [0.1, 0.15) is 38.4 Å². The molecule has 1 aromatic carbocycles. The zero-order valence-corrected chi connectivity index (χ0v) is 19.9. The predicted molar refractivity (Wildman–Crippen MR) is 125 cm³/mol. The molecule has 0 radical (unpaired) electrons. The highest BCUT2D eigenvalue weighted by molar-refractivity contribution is 7.13. The molecule has 1 saturated heterocycles. The largest absolute Gasteiger partial charge is 0.392 e. The van der Waals surface area contributed by atoms with E-state index in [0.29, 0.717) is 6.54 Å². The highest BCUT2D eigenvalue weighted by Crippen LogP contribution is 2.28. The normalized spacial score (nSPS) is 19.5. The summed E-state index contributed by atoms with van der Waals surface area (Å²) in [6, 6.07) is 6.39. The fourth-order valence-electron chi connectivity index (χ4n) is 3.42. The van der Waals surface area contributed by atoms with Gasteiger partial charge >= 0.3 is 0 Å². The van der Waals surface area contributed by atoms with Gasteiger partial charge in [-0.25, -0.2) is 4.98 Å². The van der Waals surface area contributed by atoms with Gasteiger partial charge in [-0.05, 0) is 29.9 Å². The number of nitrogens with one attached hydrogen (secondary N) is 1. The standard InChI is InChI=1S/C22H30N4O3S.ClH/c1-13-18(30-12-25-13)15-7-5-14(6-8-15)11-26(21(29)19(23)22(2,3)4)20(28)17-9-16(27)10-24-17;/h5-8,12,16-17,19,24,27H,9-11,23H2,1-4H3;1H/t16-,17+,19-;/m0./s1. The van der Waals surface area contributed by atoms with Gasteiger partial charge in [0, 0.05) is 6.54 Å². The number of halogens is 1. The Bertz CT molecular complexity index is 910. The Morgan fingerprint density at radius 2 is 1.97 bits per heavy atom. The van der Waals surface area contributed by atoms with Crippen molar-refractivity contribution >= 4 is 35.6 Å². The lowest BCUT2D eigenvalue weighted by atomic mass is 9.86. The molecule has 0 unspecified atom stereocenters. The Balaban J connectivity index is 0.00000341. The minimum Gasteiger partial charge on any atom is -0.392 e. The number of nitrogens with two attached hydrogens (primary N) is 1. The van der Waals surface area contributed by atoms with Gasteiger partial charge in [-0.15, -0.1) is 23.7 Å². The molecule has 4 N–H and O–H groups in total. The molecule has 1 aliphatic heterocycles. The molecule has 2 amide bonds. The molecule has 3 rings (SSSR count). The monoisotopic (exact) mass is 466 g/mol. The quantitative estimate of drug-likeness (QED) is 0.624. The van der Waals surface area contributed by atoms with Crippen LogP contribution in [0.3, 0.4) is 0 Å². The number of thiazole rings is 1. The van der Waals surface area contributed by atoms with Crippen LogP contribution in [0, 0.1) is 12.3 Å². The topological polar surface area (TPSA) is 109 Å². The molecule has 0 saturated carbocycles. The maximum Gasteiger partial charge on any atom is 0.246 e. The molecule has 0 spiro atoms. The summed E-state index contributed by atoms with van der Waals surface area (Å²) in [7, 11) is 0.